The largest absolute Gasteiger partial charge is 0.350 e. The van der Waals surface area contributed by atoms with Crippen molar-refractivity contribution >= 4 is 11.8 Å². The van der Waals surface area contributed by atoms with Crippen LogP contribution in [-0.4, -0.2) is 30.4 Å². The van der Waals surface area contributed by atoms with Gasteiger partial charge in [0.25, 0.3) is 0 Å². The standard InChI is InChI=1S/C7H13N3O2/c1-4(11)9-3-7(12)10-6-2-5(6)8/h5-6H,2-3,8H2,1H3,(H,9,11)(H,10,12). The van der Waals surface area contributed by atoms with Gasteiger partial charge in [0, 0.05) is 19.0 Å². The van der Waals surface area contributed by atoms with Crippen LogP contribution in [0.3, 0.4) is 0 Å². The molecule has 0 aromatic rings. The number of amides is 2. The van der Waals surface area contributed by atoms with Crippen molar-refractivity contribution < 1.29 is 9.59 Å². The molecule has 2 amide bonds. The summed E-state index contributed by atoms with van der Waals surface area (Å²) in [6.07, 6.45) is 0.839. The van der Waals surface area contributed by atoms with Gasteiger partial charge in [0.05, 0.1) is 6.54 Å². The summed E-state index contributed by atoms with van der Waals surface area (Å²) in [4.78, 5) is 21.4. The summed E-state index contributed by atoms with van der Waals surface area (Å²) in [6.45, 7) is 1.41. The van der Waals surface area contributed by atoms with Gasteiger partial charge in [-0.05, 0) is 6.42 Å². The van der Waals surface area contributed by atoms with Crippen LogP contribution in [0, 0.1) is 0 Å². The Morgan fingerprint density at radius 2 is 2.17 bits per heavy atom. The molecule has 2 unspecified atom stereocenters. The molecule has 1 fully saturated rings. The maximum atomic E-state index is 11.0. The zero-order valence-corrected chi connectivity index (χ0v) is 6.96. The van der Waals surface area contributed by atoms with Crippen molar-refractivity contribution in [2.24, 2.45) is 5.73 Å². The summed E-state index contributed by atoms with van der Waals surface area (Å²) in [5.41, 5.74) is 5.47. The molecule has 0 heterocycles. The van der Waals surface area contributed by atoms with E-state index in [9.17, 15) is 9.59 Å². The number of rotatable bonds is 3. The lowest BCUT2D eigenvalue weighted by Crippen LogP contribution is -2.38. The highest BCUT2D eigenvalue weighted by atomic mass is 16.2. The van der Waals surface area contributed by atoms with Crippen molar-refractivity contribution in [3.8, 4) is 0 Å². The fourth-order valence-electron chi connectivity index (χ4n) is 0.843. The number of carbonyl (C=O) groups is 2. The van der Waals surface area contributed by atoms with E-state index >= 15 is 0 Å². The lowest BCUT2D eigenvalue weighted by molar-refractivity contribution is -0.125. The van der Waals surface area contributed by atoms with Crippen molar-refractivity contribution in [3.63, 3.8) is 0 Å². The van der Waals surface area contributed by atoms with E-state index in [1.165, 1.54) is 6.92 Å². The van der Waals surface area contributed by atoms with E-state index < -0.39 is 0 Å². The molecule has 1 saturated carbocycles. The average Bonchev–Trinajstić information content (AvgIpc) is 2.62. The van der Waals surface area contributed by atoms with Gasteiger partial charge in [0.15, 0.2) is 0 Å². The van der Waals surface area contributed by atoms with Crippen molar-refractivity contribution in [1.29, 1.82) is 0 Å². The molecule has 12 heavy (non-hydrogen) atoms. The summed E-state index contributed by atoms with van der Waals surface area (Å²) >= 11 is 0. The Morgan fingerprint density at radius 3 is 2.58 bits per heavy atom. The molecule has 0 saturated heterocycles. The van der Waals surface area contributed by atoms with Gasteiger partial charge < -0.3 is 16.4 Å². The van der Waals surface area contributed by atoms with Crippen LogP contribution in [0.2, 0.25) is 0 Å². The summed E-state index contributed by atoms with van der Waals surface area (Å²) in [7, 11) is 0. The average molecular weight is 171 g/mol. The minimum atomic E-state index is -0.203. The van der Waals surface area contributed by atoms with E-state index in [1.807, 2.05) is 0 Å². The molecule has 2 atom stereocenters. The number of carbonyl (C=O) groups excluding carboxylic acids is 2. The van der Waals surface area contributed by atoms with Gasteiger partial charge in [-0.3, -0.25) is 9.59 Å². The molecule has 0 spiro atoms. The molecule has 68 valence electrons. The van der Waals surface area contributed by atoms with Crippen LogP contribution >= 0.6 is 0 Å². The summed E-state index contributed by atoms with van der Waals surface area (Å²) < 4.78 is 0. The zero-order chi connectivity index (χ0) is 9.14. The Kier molecular flexibility index (Phi) is 2.65. The highest BCUT2D eigenvalue weighted by Gasteiger charge is 2.34. The molecular formula is C7H13N3O2. The molecule has 0 bridgehead atoms. The first-order valence-electron chi connectivity index (χ1n) is 3.89. The maximum absolute atomic E-state index is 11.0. The van der Waals surface area contributed by atoms with E-state index in [0.29, 0.717) is 0 Å². The van der Waals surface area contributed by atoms with Gasteiger partial charge in [-0.25, -0.2) is 0 Å². The SMILES string of the molecule is CC(=O)NCC(=O)NC1CC1N. The first kappa shape index (κ1) is 8.99. The van der Waals surface area contributed by atoms with Crippen molar-refractivity contribution in [3.05, 3.63) is 0 Å². The smallest absolute Gasteiger partial charge is 0.239 e. The van der Waals surface area contributed by atoms with Crippen LogP contribution in [-0.2, 0) is 9.59 Å². The van der Waals surface area contributed by atoms with E-state index in [4.69, 9.17) is 5.73 Å². The monoisotopic (exact) mass is 171 g/mol. The third kappa shape index (κ3) is 2.87. The minimum absolute atomic E-state index is 0.0402. The van der Waals surface area contributed by atoms with Crippen LogP contribution in [0.25, 0.3) is 0 Å². The van der Waals surface area contributed by atoms with Crippen molar-refractivity contribution in [2.45, 2.75) is 25.4 Å². The van der Waals surface area contributed by atoms with E-state index in [-0.39, 0.29) is 30.4 Å². The van der Waals surface area contributed by atoms with Crippen molar-refractivity contribution in [2.75, 3.05) is 6.54 Å². The number of nitrogens with two attached hydrogens (primary N) is 1. The van der Waals surface area contributed by atoms with E-state index in [0.717, 1.165) is 6.42 Å². The molecule has 4 N–H and O–H groups in total. The van der Waals surface area contributed by atoms with Crippen LogP contribution < -0.4 is 16.4 Å². The Labute approximate surface area is 70.7 Å². The number of hydrogen-bond acceptors (Lipinski definition) is 3. The minimum Gasteiger partial charge on any atom is -0.350 e. The predicted octanol–water partition coefficient (Wildman–Crippen LogP) is -1.66. The third-order valence-corrected chi connectivity index (χ3v) is 1.68. The normalized spacial score (nSPS) is 26.2. The Bertz CT molecular complexity index is 205. The number of hydrogen-bond donors (Lipinski definition) is 3. The van der Waals surface area contributed by atoms with Gasteiger partial charge in [0.2, 0.25) is 11.8 Å². The molecule has 5 nitrogen and oxygen atoms in total. The second-order valence-electron chi connectivity index (χ2n) is 2.98. The van der Waals surface area contributed by atoms with Crippen LogP contribution in [0.5, 0.6) is 0 Å². The van der Waals surface area contributed by atoms with Crippen LogP contribution in [0.15, 0.2) is 0 Å². The Morgan fingerprint density at radius 1 is 1.58 bits per heavy atom. The lowest BCUT2D eigenvalue weighted by atomic mass is 10.5. The van der Waals surface area contributed by atoms with Gasteiger partial charge in [0.1, 0.15) is 0 Å². The van der Waals surface area contributed by atoms with Crippen LogP contribution in [0.4, 0.5) is 0 Å². The topological polar surface area (TPSA) is 84.2 Å². The second kappa shape index (κ2) is 3.53. The highest BCUT2D eigenvalue weighted by molar-refractivity contribution is 5.84. The Balaban J connectivity index is 2.08. The van der Waals surface area contributed by atoms with E-state index in [1.54, 1.807) is 0 Å². The fourth-order valence-corrected chi connectivity index (χ4v) is 0.843. The lowest BCUT2D eigenvalue weighted by Gasteiger charge is -2.03. The molecule has 0 radical (unpaired) electrons. The number of nitrogens with one attached hydrogen (secondary N) is 2. The van der Waals surface area contributed by atoms with Crippen LogP contribution in [0.1, 0.15) is 13.3 Å². The molecule has 0 aromatic heterocycles. The molecule has 0 aromatic carbocycles. The first-order valence-corrected chi connectivity index (χ1v) is 3.89. The summed E-state index contributed by atoms with van der Waals surface area (Å²) in [6, 6.07) is 0.220. The molecule has 1 rings (SSSR count). The van der Waals surface area contributed by atoms with Gasteiger partial charge in [-0.2, -0.15) is 0 Å². The predicted molar refractivity (Wildman–Crippen MR) is 43.2 cm³/mol. The first-order chi connectivity index (χ1) is 5.59. The highest BCUT2D eigenvalue weighted by Crippen LogP contribution is 2.17. The van der Waals surface area contributed by atoms with E-state index in [2.05, 4.69) is 10.6 Å². The van der Waals surface area contributed by atoms with Gasteiger partial charge in [-0.15, -0.1) is 0 Å². The summed E-state index contributed by atoms with van der Waals surface area (Å²) in [5.74, 6) is -0.381. The molecular weight excluding hydrogens is 158 g/mol. The molecule has 5 heteroatoms. The second-order valence-corrected chi connectivity index (χ2v) is 2.98. The maximum Gasteiger partial charge on any atom is 0.239 e. The molecule has 1 aliphatic carbocycles. The quantitative estimate of drug-likeness (QED) is 0.475. The fraction of sp³-hybridized carbons (Fsp3) is 0.714. The Hall–Kier alpha value is -1.10. The molecule has 0 aliphatic heterocycles. The zero-order valence-electron chi connectivity index (χ0n) is 6.96. The van der Waals surface area contributed by atoms with Crippen molar-refractivity contribution in [1.82, 2.24) is 10.6 Å². The molecule has 1 aliphatic rings. The van der Waals surface area contributed by atoms with Gasteiger partial charge in [-0.1, -0.05) is 0 Å². The third-order valence-electron chi connectivity index (χ3n) is 1.68. The van der Waals surface area contributed by atoms with Gasteiger partial charge >= 0.3 is 0 Å². The summed E-state index contributed by atoms with van der Waals surface area (Å²) in [5, 5.41) is 5.08.